The van der Waals surface area contributed by atoms with Crippen molar-refractivity contribution in [3.05, 3.63) is 46.7 Å². The molecule has 0 nitrogen and oxygen atoms in total. The summed E-state index contributed by atoms with van der Waals surface area (Å²) in [7, 11) is 0. The van der Waals surface area contributed by atoms with E-state index in [1.165, 1.54) is 18.4 Å². The average Bonchev–Trinajstić information content (AvgIpc) is 2.69. The van der Waals surface area contributed by atoms with Crippen LogP contribution in [-0.4, -0.2) is 4.58 Å². The summed E-state index contributed by atoms with van der Waals surface area (Å²) in [5.41, 5.74) is 1.45. The van der Waals surface area contributed by atoms with E-state index in [0.717, 1.165) is 4.58 Å². The predicted octanol–water partition coefficient (Wildman–Crippen LogP) is 3.90. The van der Waals surface area contributed by atoms with Crippen LogP contribution in [0.25, 0.3) is 0 Å². The van der Waals surface area contributed by atoms with E-state index in [1.54, 1.807) is 0 Å². The Morgan fingerprint density at radius 2 is 1.69 bits per heavy atom. The first-order valence-electron chi connectivity index (χ1n) is 4.45. The van der Waals surface area contributed by atoms with Crippen molar-refractivity contribution in [2.24, 2.45) is 0 Å². The average molecular weight is 208 g/mol. The largest absolute Gasteiger partial charge is 0.119 e. The quantitative estimate of drug-likeness (QED) is 0.739. The molecule has 1 aromatic rings. The molecule has 0 bridgehead atoms. The van der Waals surface area contributed by atoms with Crippen LogP contribution in [0.3, 0.4) is 0 Å². The van der Waals surface area contributed by atoms with Crippen LogP contribution < -0.4 is 0 Å². The summed E-state index contributed by atoms with van der Waals surface area (Å²) in [4.78, 5) is 0. The molecule has 0 atom stereocenters. The second kappa shape index (κ2) is 4.77. The predicted molar refractivity (Wildman–Crippen MR) is 62.9 cm³/mol. The van der Waals surface area contributed by atoms with E-state index in [1.807, 2.05) is 23.5 Å². The van der Waals surface area contributed by atoms with Gasteiger partial charge < -0.3 is 0 Å². The van der Waals surface area contributed by atoms with Crippen molar-refractivity contribution in [2.45, 2.75) is 17.4 Å². The van der Waals surface area contributed by atoms with Crippen LogP contribution in [-0.2, 0) is 6.42 Å². The molecule has 0 N–H and O–H groups in total. The smallest absolute Gasteiger partial charge is 0.0588 e. The molecule has 1 heterocycles. The fourth-order valence-electron chi connectivity index (χ4n) is 1.34. The molecule has 0 saturated carbocycles. The fraction of sp³-hybridized carbons (Fsp3) is 0.273. The van der Waals surface area contributed by atoms with Crippen LogP contribution in [0.15, 0.2) is 41.1 Å². The van der Waals surface area contributed by atoms with Gasteiger partial charge in [0.15, 0.2) is 0 Å². The molecule has 0 unspecified atom stereocenters. The molecule has 0 saturated heterocycles. The van der Waals surface area contributed by atoms with Crippen molar-refractivity contribution in [2.75, 3.05) is 0 Å². The van der Waals surface area contributed by atoms with Crippen LogP contribution >= 0.6 is 23.5 Å². The molecule has 2 rings (SSSR count). The highest BCUT2D eigenvalue weighted by Crippen LogP contribution is 2.36. The Hall–Kier alpha value is -0.340. The van der Waals surface area contributed by atoms with Gasteiger partial charge in [-0.05, 0) is 29.2 Å². The number of hydrogen-bond acceptors (Lipinski definition) is 2. The van der Waals surface area contributed by atoms with E-state index in [2.05, 4.69) is 41.1 Å². The van der Waals surface area contributed by atoms with Crippen molar-refractivity contribution in [1.82, 2.24) is 0 Å². The Kier molecular flexibility index (Phi) is 3.39. The SMILES string of the molecule is C1=CSC(CCc2ccccc2)S1. The Balaban J connectivity index is 1.80. The first kappa shape index (κ1) is 9.22. The van der Waals surface area contributed by atoms with Gasteiger partial charge >= 0.3 is 0 Å². The maximum Gasteiger partial charge on any atom is 0.0588 e. The van der Waals surface area contributed by atoms with E-state index in [9.17, 15) is 0 Å². The van der Waals surface area contributed by atoms with Gasteiger partial charge in [-0.25, -0.2) is 0 Å². The zero-order chi connectivity index (χ0) is 8.93. The van der Waals surface area contributed by atoms with Gasteiger partial charge in [-0.3, -0.25) is 0 Å². The highest BCUT2D eigenvalue weighted by Gasteiger charge is 2.10. The fourth-order valence-corrected chi connectivity index (χ4v) is 3.35. The van der Waals surface area contributed by atoms with E-state index in [4.69, 9.17) is 0 Å². The third-order valence-electron chi connectivity index (χ3n) is 2.03. The molecule has 0 aromatic heterocycles. The molecule has 0 fully saturated rings. The number of aryl methyl sites for hydroxylation is 1. The van der Waals surface area contributed by atoms with Crippen LogP contribution in [0.2, 0.25) is 0 Å². The van der Waals surface area contributed by atoms with E-state index in [0.29, 0.717) is 0 Å². The van der Waals surface area contributed by atoms with E-state index < -0.39 is 0 Å². The Bertz CT molecular complexity index is 271. The van der Waals surface area contributed by atoms with Crippen molar-refractivity contribution >= 4 is 23.5 Å². The van der Waals surface area contributed by atoms with Crippen LogP contribution in [0.4, 0.5) is 0 Å². The van der Waals surface area contributed by atoms with Crippen molar-refractivity contribution in [1.29, 1.82) is 0 Å². The minimum atomic E-state index is 0.750. The first-order chi connectivity index (χ1) is 6.45. The van der Waals surface area contributed by atoms with Gasteiger partial charge in [0.25, 0.3) is 0 Å². The maximum atomic E-state index is 2.21. The summed E-state index contributed by atoms with van der Waals surface area (Å²) in [6.07, 6.45) is 2.47. The molecular formula is C11H12S2. The summed E-state index contributed by atoms with van der Waals surface area (Å²) in [5.74, 6) is 0. The lowest BCUT2D eigenvalue weighted by Gasteiger charge is -2.06. The van der Waals surface area contributed by atoms with Gasteiger partial charge in [0, 0.05) is 0 Å². The van der Waals surface area contributed by atoms with Gasteiger partial charge in [0.1, 0.15) is 0 Å². The molecular weight excluding hydrogens is 196 g/mol. The monoisotopic (exact) mass is 208 g/mol. The molecule has 1 aliphatic heterocycles. The summed E-state index contributed by atoms with van der Waals surface area (Å²) in [5, 5.41) is 4.39. The highest BCUT2D eigenvalue weighted by molar-refractivity contribution is 8.22. The van der Waals surface area contributed by atoms with Crippen LogP contribution in [0.5, 0.6) is 0 Å². The van der Waals surface area contributed by atoms with Gasteiger partial charge in [0.2, 0.25) is 0 Å². The van der Waals surface area contributed by atoms with Crippen LogP contribution in [0, 0.1) is 0 Å². The lowest BCUT2D eigenvalue weighted by Crippen LogP contribution is -1.94. The zero-order valence-corrected chi connectivity index (χ0v) is 8.98. The molecule has 0 aliphatic carbocycles. The lowest BCUT2D eigenvalue weighted by molar-refractivity contribution is 0.908. The summed E-state index contributed by atoms with van der Waals surface area (Å²) < 4.78 is 0.750. The Labute approximate surface area is 87.8 Å². The topological polar surface area (TPSA) is 0 Å². The summed E-state index contributed by atoms with van der Waals surface area (Å²) in [6.45, 7) is 0. The molecule has 0 spiro atoms. The van der Waals surface area contributed by atoms with Gasteiger partial charge in [0.05, 0.1) is 4.58 Å². The van der Waals surface area contributed by atoms with Crippen molar-refractivity contribution in [3.8, 4) is 0 Å². The van der Waals surface area contributed by atoms with Crippen LogP contribution in [0.1, 0.15) is 12.0 Å². The molecule has 2 heteroatoms. The van der Waals surface area contributed by atoms with E-state index >= 15 is 0 Å². The number of hydrogen-bond donors (Lipinski definition) is 0. The molecule has 1 aliphatic rings. The second-order valence-electron chi connectivity index (χ2n) is 3.00. The third kappa shape index (κ3) is 2.82. The minimum Gasteiger partial charge on any atom is -0.119 e. The molecule has 1 aromatic carbocycles. The molecule has 0 amide bonds. The van der Waals surface area contributed by atoms with Gasteiger partial charge in [-0.15, -0.1) is 23.5 Å². The first-order valence-corrected chi connectivity index (χ1v) is 6.33. The van der Waals surface area contributed by atoms with Crippen molar-refractivity contribution in [3.63, 3.8) is 0 Å². The number of thioether (sulfide) groups is 2. The van der Waals surface area contributed by atoms with Crippen molar-refractivity contribution < 1.29 is 0 Å². The standard InChI is InChI=1S/C11H12S2/c1-2-4-10(5-3-1)6-7-11-12-8-9-13-11/h1-5,8-9,11H,6-7H2. The second-order valence-corrected chi connectivity index (χ2v) is 5.52. The summed E-state index contributed by atoms with van der Waals surface area (Å²) in [6, 6.07) is 10.7. The maximum absolute atomic E-state index is 2.21. The molecule has 68 valence electrons. The Morgan fingerprint density at radius 3 is 2.38 bits per heavy atom. The third-order valence-corrected chi connectivity index (χ3v) is 4.53. The molecule has 0 radical (unpaired) electrons. The lowest BCUT2D eigenvalue weighted by atomic mass is 10.1. The zero-order valence-electron chi connectivity index (χ0n) is 7.35. The number of benzene rings is 1. The normalized spacial score (nSPS) is 16.6. The Morgan fingerprint density at radius 1 is 1.00 bits per heavy atom. The molecule has 13 heavy (non-hydrogen) atoms. The minimum absolute atomic E-state index is 0.750. The summed E-state index contributed by atoms with van der Waals surface area (Å²) >= 11 is 3.89. The highest BCUT2D eigenvalue weighted by atomic mass is 32.2. The van der Waals surface area contributed by atoms with Gasteiger partial charge in [-0.2, -0.15) is 0 Å². The number of rotatable bonds is 3. The van der Waals surface area contributed by atoms with Gasteiger partial charge in [-0.1, -0.05) is 30.3 Å². The van der Waals surface area contributed by atoms with E-state index in [-0.39, 0.29) is 0 Å².